The number of hydrogen-bond donors (Lipinski definition) is 1. The quantitative estimate of drug-likeness (QED) is 0.374. The zero-order valence-corrected chi connectivity index (χ0v) is 17.5. The number of ether oxygens (including phenoxy) is 2. The van der Waals surface area contributed by atoms with Crippen LogP contribution in [-0.2, 0) is 24.4 Å². The summed E-state index contributed by atoms with van der Waals surface area (Å²) in [7, 11) is 0. The maximum atomic E-state index is 11.0. The van der Waals surface area contributed by atoms with Crippen LogP contribution in [0.15, 0.2) is 84.2 Å². The van der Waals surface area contributed by atoms with Crippen molar-refractivity contribution in [2.45, 2.75) is 19.6 Å². The smallest absolute Gasteiger partial charge is 0.310 e. The number of nitrogens with zero attached hydrogens (tertiary/aromatic N) is 1. The van der Waals surface area contributed by atoms with Crippen molar-refractivity contribution in [3.8, 4) is 22.8 Å². The van der Waals surface area contributed by atoms with E-state index in [9.17, 15) is 4.79 Å². The Kier molecular flexibility index (Phi) is 6.59. The number of aromatic nitrogens is 1. The normalized spacial score (nSPS) is 10.6. The number of rotatable bonds is 9. The van der Waals surface area contributed by atoms with E-state index in [0.717, 1.165) is 16.7 Å². The molecule has 0 fully saturated rings. The van der Waals surface area contributed by atoms with E-state index in [1.54, 1.807) is 0 Å². The van der Waals surface area contributed by atoms with Gasteiger partial charge in [-0.25, -0.2) is 4.98 Å². The van der Waals surface area contributed by atoms with Gasteiger partial charge in [-0.2, -0.15) is 0 Å². The highest BCUT2D eigenvalue weighted by Crippen LogP contribution is 2.35. The Labute approximate surface area is 184 Å². The SMILES string of the molecule is O=C(O)Cc1nc(-c2ccc(OCc3ccccc3)cc2OCc2ccccc2)cs1. The highest BCUT2D eigenvalue weighted by atomic mass is 32.1. The topological polar surface area (TPSA) is 68.7 Å². The van der Waals surface area contributed by atoms with Gasteiger partial charge >= 0.3 is 5.97 Å². The molecule has 31 heavy (non-hydrogen) atoms. The van der Waals surface area contributed by atoms with Crippen molar-refractivity contribution in [2.75, 3.05) is 0 Å². The van der Waals surface area contributed by atoms with Gasteiger partial charge in [0.15, 0.2) is 0 Å². The van der Waals surface area contributed by atoms with Gasteiger partial charge in [0.25, 0.3) is 0 Å². The second-order valence-corrected chi connectivity index (χ2v) is 7.85. The van der Waals surface area contributed by atoms with Crippen molar-refractivity contribution < 1.29 is 19.4 Å². The first-order chi connectivity index (χ1) is 15.2. The van der Waals surface area contributed by atoms with E-state index in [-0.39, 0.29) is 6.42 Å². The molecule has 0 bridgehead atoms. The minimum absolute atomic E-state index is 0.0941. The maximum Gasteiger partial charge on any atom is 0.310 e. The predicted octanol–water partition coefficient (Wildman–Crippen LogP) is 5.60. The third kappa shape index (κ3) is 5.71. The molecular formula is C25H21NO4S. The van der Waals surface area contributed by atoms with Crippen LogP contribution in [0.5, 0.6) is 11.5 Å². The summed E-state index contributed by atoms with van der Waals surface area (Å²) in [5.41, 5.74) is 3.62. The van der Waals surface area contributed by atoms with Crippen LogP contribution < -0.4 is 9.47 Å². The van der Waals surface area contributed by atoms with Gasteiger partial charge in [0.05, 0.1) is 12.1 Å². The van der Waals surface area contributed by atoms with Crippen LogP contribution >= 0.6 is 11.3 Å². The number of hydrogen-bond acceptors (Lipinski definition) is 5. The van der Waals surface area contributed by atoms with Crippen molar-refractivity contribution in [1.82, 2.24) is 4.98 Å². The Hall–Kier alpha value is -3.64. The monoisotopic (exact) mass is 431 g/mol. The first-order valence-corrected chi connectivity index (χ1v) is 10.7. The van der Waals surface area contributed by atoms with E-state index < -0.39 is 5.97 Å². The number of benzene rings is 3. The van der Waals surface area contributed by atoms with Gasteiger partial charge in [0.2, 0.25) is 0 Å². The molecule has 1 aromatic heterocycles. The number of carbonyl (C=O) groups is 1. The molecular weight excluding hydrogens is 410 g/mol. The molecule has 6 heteroatoms. The molecule has 5 nitrogen and oxygen atoms in total. The van der Waals surface area contributed by atoms with E-state index in [2.05, 4.69) is 4.98 Å². The average molecular weight is 432 g/mol. The van der Waals surface area contributed by atoms with E-state index >= 15 is 0 Å². The van der Waals surface area contributed by atoms with E-state index in [1.807, 2.05) is 84.2 Å². The molecule has 0 unspecified atom stereocenters. The van der Waals surface area contributed by atoms with Crippen LogP contribution in [0.3, 0.4) is 0 Å². The molecule has 156 valence electrons. The lowest BCUT2D eigenvalue weighted by Crippen LogP contribution is -2.00. The molecule has 4 aromatic rings. The Morgan fingerprint density at radius 2 is 1.52 bits per heavy atom. The Morgan fingerprint density at radius 3 is 2.16 bits per heavy atom. The minimum atomic E-state index is -0.897. The maximum absolute atomic E-state index is 11.0. The van der Waals surface area contributed by atoms with Crippen LogP contribution in [-0.4, -0.2) is 16.1 Å². The molecule has 3 aromatic carbocycles. The van der Waals surface area contributed by atoms with Crippen molar-refractivity contribution in [2.24, 2.45) is 0 Å². The molecule has 0 spiro atoms. The van der Waals surface area contributed by atoms with Gasteiger partial charge in [-0.3, -0.25) is 4.79 Å². The van der Waals surface area contributed by atoms with Crippen molar-refractivity contribution >= 4 is 17.3 Å². The molecule has 0 atom stereocenters. The molecule has 0 radical (unpaired) electrons. The zero-order valence-electron chi connectivity index (χ0n) is 16.7. The third-order valence-corrected chi connectivity index (χ3v) is 5.42. The Balaban J connectivity index is 1.58. The molecule has 1 heterocycles. The van der Waals surface area contributed by atoms with Crippen LogP contribution in [0.4, 0.5) is 0 Å². The molecule has 1 N–H and O–H groups in total. The molecule has 0 saturated carbocycles. The lowest BCUT2D eigenvalue weighted by molar-refractivity contribution is -0.136. The number of carboxylic acids is 1. The number of aliphatic carboxylic acids is 1. The molecule has 0 aliphatic heterocycles. The molecule has 0 saturated heterocycles. The fourth-order valence-corrected chi connectivity index (χ4v) is 3.83. The van der Waals surface area contributed by atoms with Crippen LogP contribution in [0.25, 0.3) is 11.3 Å². The fourth-order valence-electron chi connectivity index (χ4n) is 3.04. The second kappa shape index (κ2) is 9.91. The summed E-state index contributed by atoms with van der Waals surface area (Å²) in [6, 6.07) is 25.5. The summed E-state index contributed by atoms with van der Waals surface area (Å²) >= 11 is 1.33. The van der Waals surface area contributed by atoms with E-state index in [1.165, 1.54) is 11.3 Å². The first-order valence-electron chi connectivity index (χ1n) is 9.81. The summed E-state index contributed by atoms with van der Waals surface area (Å²) in [6.07, 6.45) is -0.0941. The van der Waals surface area contributed by atoms with E-state index in [4.69, 9.17) is 14.6 Å². The lowest BCUT2D eigenvalue weighted by Gasteiger charge is -2.13. The largest absolute Gasteiger partial charge is 0.489 e. The van der Waals surface area contributed by atoms with Crippen LogP contribution in [0.2, 0.25) is 0 Å². The van der Waals surface area contributed by atoms with Gasteiger partial charge in [-0.1, -0.05) is 60.7 Å². The summed E-state index contributed by atoms with van der Waals surface area (Å²) in [5.74, 6) is 0.435. The standard InChI is InChI=1S/C25H21NO4S/c27-25(28)14-24-26-22(17-31-24)21-12-11-20(29-15-18-7-3-1-4-8-18)13-23(21)30-16-19-9-5-2-6-10-19/h1-13,17H,14-16H2,(H,27,28). The average Bonchev–Trinajstić information content (AvgIpc) is 3.25. The van der Waals surface area contributed by atoms with Crippen LogP contribution in [0.1, 0.15) is 16.1 Å². The Morgan fingerprint density at radius 1 is 0.871 bits per heavy atom. The molecule has 0 aliphatic rings. The van der Waals surface area contributed by atoms with Crippen molar-refractivity contribution in [1.29, 1.82) is 0 Å². The highest BCUT2D eigenvalue weighted by molar-refractivity contribution is 7.10. The fraction of sp³-hybridized carbons (Fsp3) is 0.120. The molecule has 0 amide bonds. The molecule has 4 rings (SSSR count). The van der Waals surface area contributed by atoms with Gasteiger partial charge in [-0.15, -0.1) is 11.3 Å². The summed E-state index contributed by atoms with van der Waals surface area (Å²) in [4.78, 5) is 15.5. The number of carboxylic acid groups (broad SMARTS) is 1. The molecule has 0 aliphatic carbocycles. The van der Waals surface area contributed by atoms with Crippen molar-refractivity contribution in [3.63, 3.8) is 0 Å². The van der Waals surface area contributed by atoms with Crippen LogP contribution in [0, 0.1) is 0 Å². The third-order valence-electron chi connectivity index (χ3n) is 4.57. The van der Waals surface area contributed by atoms with Gasteiger partial charge in [0, 0.05) is 17.0 Å². The summed E-state index contributed by atoms with van der Waals surface area (Å²) in [5, 5.41) is 11.4. The number of thiazole rings is 1. The van der Waals surface area contributed by atoms with E-state index in [0.29, 0.717) is 35.4 Å². The summed E-state index contributed by atoms with van der Waals surface area (Å²) < 4.78 is 12.1. The summed E-state index contributed by atoms with van der Waals surface area (Å²) in [6.45, 7) is 0.861. The zero-order chi connectivity index (χ0) is 21.5. The second-order valence-electron chi connectivity index (χ2n) is 6.90. The van der Waals surface area contributed by atoms with Gasteiger partial charge in [-0.05, 0) is 23.3 Å². The first kappa shape index (κ1) is 20.6. The lowest BCUT2D eigenvalue weighted by atomic mass is 10.1. The van der Waals surface area contributed by atoms with Gasteiger partial charge in [0.1, 0.15) is 29.7 Å². The highest BCUT2D eigenvalue weighted by Gasteiger charge is 2.14. The van der Waals surface area contributed by atoms with Gasteiger partial charge < -0.3 is 14.6 Å². The Bertz CT molecular complexity index is 1140. The van der Waals surface area contributed by atoms with Crippen molar-refractivity contribution in [3.05, 3.63) is 100 Å². The predicted molar refractivity (Wildman–Crippen MR) is 120 cm³/mol. The minimum Gasteiger partial charge on any atom is -0.489 e.